The number of nitrogens with zero attached hydrogens (tertiary/aromatic N) is 2. The van der Waals surface area contributed by atoms with Gasteiger partial charge >= 0.3 is 5.97 Å². The molecular weight excluding hydrogens is 485 g/mol. The third kappa shape index (κ3) is 3.30. The average Bonchev–Trinajstić information content (AvgIpc) is 3.44. The van der Waals surface area contributed by atoms with E-state index in [0.29, 0.717) is 16.5 Å². The predicted molar refractivity (Wildman–Crippen MR) is 135 cm³/mol. The second-order valence-corrected chi connectivity index (χ2v) is 8.94. The first kappa shape index (κ1) is 22.1. The number of pyridine rings is 2. The molecule has 0 fully saturated rings. The molecule has 7 nitrogen and oxygen atoms in total. The zero-order chi connectivity index (χ0) is 25.1. The summed E-state index contributed by atoms with van der Waals surface area (Å²) in [5.41, 5.74) is 2.28. The summed E-state index contributed by atoms with van der Waals surface area (Å²) >= 11 is 6.51. The number of furan rings is 1. The molecule has 4 heterocycles. The minimum absolute atomic E-state index is 0.0236. The van der Waals surface area contributed by atoms with Gasteiger partial charge in [0, 0.05) is 22.7 Å². The average molecular weight is 502 g/mol. The lowest BCUT2D eigenvalue weighted by molar-refractivity contribution is 0.0687. The number of H-pyrrole nitrogens is 1. The topological polar surface area (TPSA) is 101 Å². The van der Waals surface area contributed by atoms with E-state index < -0.39 is 17.3 Å². The molecule has 0 amide bonds. The third-order valence-electron chi connectivity index (χ3n) is 6.33. The Morgan fingerprint density at radius 3 is 2.83 bits per heavy atom. The second kappa shape index (κ2) is 8.07. The first-order valence-corrected chi connectivity index (χ1v) is 11.4. The molecule has 0 saturated heterocycles. The summed E-state index contributed by atoms with van der Waals surface area (Å²) in [6.07, 6.45) is 2.78. The van der Waals surface area contributed by atoms with Crippen LogP contribution in [0.15, 0.2) is 70.2 Å². The summed E-state index contributed by atoms with van der Waals surface area (Å²) in [6.45, 7) is 1.93. The molecule has 0 atom stereocenters. The normalized spacial score (nSPS) is 11.6. The summed E-state index contributed by atoms with van der Waals surface area (Å²) in [6, 6.07) is 13.4. The summed E-state index contributed by atoms with van der Waals surface area (Å²) in [5, 5.41) is 11.9. The van der Waals surface area contributed by atoms with Crippen molar-refractivity contribution < 1.29 is 18.7 Å². The molecule has 9 heteroatoms. The number of carbonyl (C=O) groups is 1. The molecule has 0 unspecified atom stereocenters. The number of hydrogen-bond donors (Lipinski definition) is 2. The van der Waals surface area contributed by atoms with E-state index in [4.69, 9.17) is 16.0 Å². The van der Waals surface area contributed by atoms with Crippen molar-refractivity contribution in [3.63, 3.8) is 0 Å². The van der Waals surface area contributed by atoms with Gasteiger partial charge in [-0.1, -0.05) is 23.2 Å². The summed E-state index contributed by atoms with van der Waals surface area (Å²) in [5.74, 6) is -1.86. The van der Waals surface area contributed by atoms with Gasteiger partial charge in [-0.2, -0.15) is 0 Å². The van der Waals surface area contributed by atoms with E-state index in [1.54, 1.807) is 6.07 Å². The Kier molecular flexibility index (Phi) is 4.94. The van der Waals surface area contributed by atoms with Gasteiger partial charge in [0.15, 0.2) is 0 Å². The monoisotopic (exact) mass is 501 g/mol. The fraction of sp³-hybridized carbons (Fsp3) is 0.0741. The molecule has 0 aliphatic carbocycles. The number of aromatic nitrogens is 3. The van der Waals surface area contributed by atoms with Crippen LogP contribution in [0.3, 0.4) is 0 Å². The van der Waals surface area contributed by atoms with Crippen LogP contribution >= 0.6 is 11.6 Å². The molecule has 2 aromatic carbocycles. The van der Waals surface area contributed by atoms with E-state index >= 15 is 4.39 Å². The Morgan fingerprint density at radius 2 is 2.06 bits per heavy atom. The maximum atomic E-state index is 15.1. The van der Waals surface area contributed by atoms with Crippen LogP contribution < -0.4 is 5.56 Å². The van der Waals surface area contributed by atoms with Gasteiger partial charge in [0.2, 0.25) is 0 Å². The first-order chi connectivity index (χ1) is 17.3. The van der Waals surface area contributed by atoms with Crippen LogP contribution in [0.25, 0.3) is 43.9 Å². The zero-order valence-corrected chi connectivity index (χ0v) is 19.6. The van der Waals surface area contributed by atoms with Crippen molar-refractivity contribution in [2.75, 3.05) is 0 Å². The van der Waals surface area contributed by atoms with Crippen LogP contribution in [0.4, 0.5) is 4.39 Å². The Hall–Kier alpha value is -4.43. The highest BCUT2D eigenvalue weighted by Crippen LogP contribution is 2.40. The number of benzene rings is 2. The van der Waals surface area contributed by atoms with E-state index in [9.17, 15) is 14.7 Å². The molecule has 178 valence electrons. The number of rotatable bonds is 4. The Labute approximate surface area is 207 Å². The number of nitrogens with one attached hydrogen (secondary N) is 1. The number of carboxylic acids is 1. The van der Waals surface area contributed by atoms with Gasteiger partial charge in [-0.15, -0.1) is 0 Å². The predicted octanol–water partition coefficient (Wildman–Crippen LogP) is 6.14. The fourth-order valence-electron chi connectivity index (χ4n) is 4.77. The van der Waals surface area contributed by atoms with Gasteiger partial charge in [-0.3, -0.25) is 4.79 Å². The summed E-state index contributed by atoms with van der Waals surface area (Å²) in [4.78, 5) is 32.5. The number of aromatic amines is 1. The highest BCUT2D eigenvalue weighted by molar-refractivity contribution is 6.30. The van der Waals surface area contributed by atoms with Gasteiger partial charge in [0.1, 0.15) is 22.2 Å². The molecule has 4 aromatic heterocycles. The van der Waals surface area contributed by atoms with Crippen LogP contribution in [0, 0.1) is 12.7 Å². The molecule has 0 bridgehead atoms. The standard InChI is InChI=1S/C27H17ClFN3O4/c1-13-4-5-19-14(9-13)10-15(25(28)31-19)12-32-20-11-18(29)16-6-8-36-24(16)22(20)21(23(32)27(34)35)17-3-2-7-30-26(17)33/h2-11H,12H2,1H3,(H,30,33)(H,34,35). The van der Waals surface area contributed by atoms with Crippen LogP contribution in [-0.2, 0) is 6.54 Å². The number of aromatic carboxylic acids is 1. The maximum Gasteiger partial charge on any atom is 0.353 e. The quantitative estimate of drug-likeness (QED) is 0.283. The first-order valence-electron chi connectivity index (χ1n) is 11.0. The number of carboxylic acid groups (broad SMARTS) is 1. The van der Waals surface area contributed by atoms with Crippen LogP contribution in [0.1, 0.15) is 21.6 Å². The second-order valence-electron chi connectivity index (χ2n) is 8.58. The SMILES string of the molecule is Cc1ccc2nc(Cl)c(Cn3c(C(=O)O)c(-c4ccc[nH]c4=O)c4c5occc5c(F)cc43)cc2c1. The van der Waals surface area contributed by atoms with E-state index in [1.165, 1.54) is 35.2 Å². The van der Waals surface area contributed by atoms with Crippen molar-refractivity contribution in [1.82, 2.24) is 14.5 Å². The molecule has 6 aromatic rings. The van der Waals surface area contributed by atoms with Gasteiger partial charge in [-0.25, -0.2) is 14.2 Å². The van der Waals surface area contributed by atoms with Crippen molar-refractivity contribution in [2.24, 2.45) is 0 Å². The minimum Gasteiger partial charge on any atom is -0.477 e. The molecule has 0 saturated carbocycles. The molecule has 0 aliphatic heterocycles. The Morgan fingerprint density at radius 1 is 1.22 bits per heavy atom. The number of halogens is 2. The van der Waals surface area contributed by atoms with Crippen LogP contribution in [0.2, 0.25) is 5.15 Å². The van der Waals surface area contributed by atoms with Gasteiger partial charge < -0.3 is 19.1 Å². The molecule has 0 radical (unpaired) electrons. The molecule has 0 aliphatic rings. The molecular formula is C27H17ClFN3O4. The molecule has 2 N–H and O–H groups in total. The van der Waals surface area contributed by atoms with Crippen molar-refractivity contribution in [1.29, 1.82) is 0 Å². The fourth-order valence-corrected chi connectivity index (χ4v) is 4.98. The lowest BCUT2D eigenvalue weighted by Gasteiger charge is -2.12. The molecule has 36 heavy (non-hydrogen) atoms. The maximum absolute atomic E-state index is 15.1. The van der Waals surface area contributed by atoms with Gasteiger partial charge in [0.05, 0.1) is 40.2 Å². The van der Waals surface area contributed by atoms with E-state index in [-0.39, 0.29) is 45.0 Å². The smallest absolute Gasteiger partial charge is 0.353 e. The Bertz CT molecular complexity index is 1920. The highest BCUT2D eigenvalue weighted by atomic mass is 35.5. The van der Waals surface area contributed by atoms with Crippen molar-refractivity contribution in [3.05, 3.63) is 99.1 Å². The van der Waals surface area contributed by atoms with Crippen LogP contribution in [-0.4, -0.2) is 25.6 Å². The Balaban J connectivity index is 1.72. The van der Waals surface area contributed by atoms with E-state index in [0.717, 1.165) is 10.9 Å². The van der Waals surface area contributed by atoms with Crippen molar-refractivity contribution in [2.45, 2.75) is 13.5 Å². The lowest BCUT2D eigenvalue weighted by Crippen LogP contribution is -2.14. The number of fused-ring (bicyclic) bond motifs is 4. The summed E-state index contributed by atoms with van der Waals surface area (Å²) in [7, 11) is 0. The van der Waals surface area contributed by atoms with E-state index in [1.807, 2.05) is 31.2 Å². The lowest BCUT2D eigenvalue weighted by atomic mass is 10.0. The number of hydrogen-bond acceptors (Lipinski definition) is 4. The van der Waals surface area contributed by atoms with Gasteiger partial charge in [0.25, 0.3) is 5.56 Å². The number of aryl methyl sites for hydroxylation is 1. The molecule has 0 spiro atoms. The van der Waals surface area contributed by atoms with Crippen molar-refractivity contribution in [3.8, 4) is 11.1 Å². The van der Waals surface area contributed by atoms with Crippen molar-refractivity contribution >= 4 is 50.3 Å². The largest absolute Gasteiger partial charge is 0.477 e. The van der Waals surface area contributed by atoms with E-state index in [2.05, 4.69) is 9.97 Å². The third-order valence-corrected chi connectivity index (χ3v) is 6.66. The minimum atomic E-state index is -1.29. The van der Waals surface area contributed by atoms with Crippen LogP contribution in [0.5, 0.6) is 0 Å². The molecule has 6 rings (SSSR count). The van der Waals surface area contributed by atoms with Gasteiger partial charge in [-0.05, 0) is 49.4 Å². The summed E-state index contributed by atoms with van der Waals surface area (Å²) < 4.78 is 22.1. The zero-order valence-electron chi connectivity index (χ0n) is 18.8. The highest BCUT2D eigenvalue weighted by Gasteiger charge is 2.29.